The zero-order chi connectivity index (χ0) is 13.7. The van der Waals surface area contributed by atoms with Crippen LogP contribution in [-0.4, -0.2) is 43.9 Å². The highest BCUT2D eigenvalue weighted by Gasteiger charge is 2.22. The molecule has 0 amide bonds. The van der Waals surface area contributed by atoms with Crippen molar-refractivity contribution >= 4 is 0 Å². The van der Waals surface area contributed by atoms with E-state index in [9.17, 15) is 0 Å². The van der Waals surface area contributed by atoms with Crippen molar-refractivity contribution in [3.63, 3.8) is 0 Å². The molecule has 0 saturated carbocycles. The van der Waals surface area contributed by atoms with Gasteiger partial charge < -0.3 is 9.22 Å². The molecule has 0 bridgehead atoms. The Labute approximate surface area is 115 Å². The fraction of sp³-hybridized carbons (Fsp3) is 1.00. The molecule has 0 aromatic carbocycles. The van der Waals surface area contributed by atoms with Gasteiger partial charge in [0.1, 0.15) is 0 Å². The minimum Gasteiger partial charge on any atom is -0.381 e. The van der Waals surface area contributed by atoms with Crippen LogP contribution in [0.4, 0.5) is 0 Å². The van der Waals surface area contributed by atoms with Crippen molar-refractivity contribution in [2.45, 2.75) is 66.2 Å². The van der Waals surface area contributed by atoms with Crippen molar-refractivity contribution in [1.82, 2.24) is 0 Å². The molecule has 0 unspecified atom stereocenters. The number of quaternary nitrogens is 1. The first-order chi connectivity index (χ1) is 8.74. The summed E-state index contributed by atoms with van der Waals surface area (Å²) in [5, 5.41) is 0. The summed E-state index contributed by atoms with van der Waals surface area (Å²) in [6.45, 7) is 16.8. The van der Waals surface area contributed by atoms with Crippen LogP contribution in [0.15, 0.2) is 0 Å². The molecule has 110 valence electrons. The second-order valence-corrected chi connectivity index (χ2v) is 5.56. The SMILES string of the molecule is C1CCOC1.CCC[N+](CCC)(CCC)CCC. The van der Waals surface area contributed by atoms with E-state index in [4.69, 9.17) is 4.74 Å². The number of nitrogens with zero attached hydrogens (tertiary/aromatic N) is 1. The van der Waals surface area contributed by atoms with Gasteiger partial charge in [-0.25, -0.2) is 0 Å². The summed E-state index contributed by atoms with van der Waals surface area (Å²) in [7, 11) is 0. The number of ether oxygens (including phenoxy) is 1. The van der Waals surface area contributed by atoms with E-state index in [0.717, 1.165) is 13.2 Å². The average molecular weight is 258 g/mol. The highest BCUT2D eigenvalue weighted by molar-refractivity contribution is 4.44. The molecule has 1 saturated heterocycles. The van der Waals surface area contributed by atoms with E-state index in [1.54, 1.807) is 0 Å². The average Bonchev–Trinajstić information content (AvgIpc) is 2.89. The Morgan fingerprint density at radius 2 is 1.00 bits per heavy atom. The van der Waals surface area contributed by atoms with Crippen LogP contribution in [-0.2, 0) is 4.74 Å². The van der Waals surface area contributed by atoms with Gasteiger partial charge in [0.15, 0.2) is 0 Å². The maximum atomic E-state index is 4.94. The number of rotatable bonds is 8. The smallest absolute Gasteiger partial charge is 0.0783 e. The molecule has 0 aliphatic carbocycles. The van der Waals surface area contributed by atoms with Gasteiger partial charge in [-0.15, -0.1) is 0 Å². The molecule has 0 spiro atoms. The molecule has 1 aliphatic heterocycles. The first-order valence-electron chi connectivity index (χ1n) is 8.17. The van der Waals surface area contributed by atoms with Crippen LogP contribution in [0.3, 0.4) is 0 Å². The quantitative estimate of drug-likeness (QED) is 0.592. The third-order valence-corrected chi connectivity index (χ3v) is 3.62. The molecular weight excluding hydrogens is 222 g/mol. The van der Waals surface area contributed by atoms with Gasteiger partial charge in [-0.05, 0) is 38.5 Å². The van der Waals surface area contributed by atoms with Gasteiger partial charge in [0.05, 0.1) is 26.2 Å². The van der Waals surface area contributed by atoms with Gasteiger partial charge in [-0.2, -0.15) is 0 Å². The first-order valence-corrected chi connectivity index (χ1v) is 8.17. The van der Waals surface area contributed by atoms with Crippen LogP contribution in [0, 0.1) is 0 Å². The van der Waals surface area contributed by atoms with Gasteiger partial charge in [-0.1, -0.05) is 27.7 Å². The second kappa shape index (κ2) is 12.0. The molecule has 18 heavy (non-hydrogen) atoms. The highest BCUT2D eigenvalue weighted by Crippen LogP contribution is 2.12. The van der Waals surface area contributed by atoms with E-state index < -0.39 is 0 Å². The summed E-state index contributed by atoms with van der Waals surface area (Å²) in [4.78, 5) is 0. The van der Waals surface area contributed by atoms with Crippen molar-refractivity contribution in [2.24, 2.45) is 0 Å². The van der Waals surface area contributed by atoms with Crippen LogP contribution in [0.2, 0.25) is 0 Å². The van der Waals surface area contributed by atoms with Crippen LogP contribution in [0.5, 0.6) is 0 Å². The molecule has 0 aromatic heterocycles. The van der Waals surface area contributed by atoms with Crippen molar-refractivity contribution in [3.05, 3.63) is 0 Å². The molecule has 2 nitrogen and oxygen atoms in total. The highest BCUT2D eigenvalue weighted by atomic mass is 16.5. The summed E-state index contributed by atoms with van der Waals surface area (Å²) >= 11 is 0. The molecule has 0 atom stereocenters. The van der Waals surface area contributed by atoms with Gasteiger partial charge in [-0.3, -0.25) is 0 Å². The van der Waals surface area contributed by atoms with E-state index >= 15 is 0 Å². The molecule has 1 heterocycles. The van der Waals surface area contributed by atoms with E-state index in [1.807, 2.05) is 0 Å². The van der Waals surface area contributed by atoms with Crippen molar-refractivity contribution in [3.8, 4) is 0 Å². The summed E-state index contributed by atoms with van der Waals surface area (Å²) in [6, 6.07) is 0. The Morgan fingerprint density at radius 1 is 0.667 bits per heavy atom. The predicted octanol–water partition coefficient (Wildman–Crippen LogP) is 4.24. The minimum absolute atomic E-state index is 1.00. The minimum atomic E-state index is 1.00. The Balaban J connectivity index is 0.000000473. The Kier molecular flexibility index (Phi) is 11.9. The van der Waals surface area contributed by atoms with E-state index in [1.165, 1.54) is 69.2 Å². The third kappa shape index (κ3) is 8.10. The standard InChI is InChI=1S/C12H28N.C4H8O/c1-5-9-13(10-6-2,11-7-3)12-8-4;1-2-4-5-3-1/h5-12H2,1-4H3;1-4H2/q+1;. The molecular formula is C16H36NO+. The lowest BCUT2D eigenvalue weighted by Gasteiger charge is -2.38. The summed E-state index contributed by atoms with van der Waals surface area (Å²) < 4.78 is 6.32. The molecule has 2 heteroatoms. The van der Waals surface area contributed by atoms with Crippen molar-refractivity contribution in [2.75, 3.05) is 39.4 Å². The van der Waals surface area contributed by atoms with E-state index in [0.29, 0.717) is 0 Å². The van der Waals surface area contributed by atoms with Crippen LogP contribution in [0.1, 0.15) is 66.2 Å². The zero-order valence-corrected chi connectivity index (χ0v) is 13.3. The first kappa shape index (κ1) is 17.9. The molecule has 0 N–H and O–H groups in total. The number of hydrogen-bond donors (Lipinski definition) is 0. The normalized spacial score (nSPS) is 15.3. The fourth-order valence-corrected chi connectivity index (χ4v) is 3.08. The van der Waals surface area contributed by atoms with Gasteiger partial charge in [0.2, 0.25) is 0 Å². The lowest BCUT2D eigenvalue weighted by molar-refractivity contribution is -0.928. The number of hydrogen-bond acceptors (Lipinski definition) is 1. The Hall–Kier alpha value is -0.0800. The van der Waals surface area contributed by atoms with Crippen LogP contribution >= 0.6 is 0 Å². The molecule has 1 rings (SSSR count). The maximum Gasteiger partial charge on any atom is 0.0783 e. The summed E-state index contributed by atoms with van der Waals surface area (Å²) in [5.74, 6) is 0. The molecule has 1 aliphatic rings. The van der Waals surface area contributed by atoms with E-state index in [-0.39, 0.29) is 0 Å². The maximum absolute atomic E-state index is 4.94. The van der Waals surface area contributed by atoms with Gasteiger partial charge in [0, 0.05) is 13.2 Å². The summed E-state index contributed by atoms with van der Waals surface area (Å²) in [5.41, 5.74) is 0. The van der Waals surface area contributed by atoms with Crippen LogP contribution in [0.25, 0.3) is 0 Å². The molecule has 1 fully saturated rings. The summed E-state index contributed by atoms with van der Waals surface area (Å²) in [6.07, 6.45) is 7.89. The molecule has 0 aromatic rings. The largest absolute Gasteiger partial charge is 0.381 e. The Morgan fingerprint density at radius 3 is 1.17 bits per heavy atom. The zero-order valence-electron chi connectivity index (χ0n) is 13.3. The lowest BCUT2D eigenvalue weighted by Crippen LogP contribution is -2.50. The predicted molar refractivity (Wildman–Crippen MR) is 80.9 cm³/mol. The van der Waals surface area contributed by atoms with E-state index in [2.05, 4.69) is 27.7 Å². The topological polar surface area (TPSA) is 9.23 Å². The monoisotopic (exact) mass is 258 g/mol. The fourth-order valence-electron chi connectivity index (χ4n) is 3.08. The second-order valence-electron chi connectivity index (χ2n) is 5.56. The third-order valence-electron chi connectivity index (χ3n) is 3.62. The van der Waals surface area contributed by atoms with Gasteiger partial charge in [0.25, 0.3) is 0 Å². The van der Waals surface area contributed by atoms with Gasteiger partial charge >= 0.3 is 0 Å². The van der Waals surface area contributed by atoms with Crippen molar-refractivity contribution in [1.29, 1.82) is 0 Å². The Bertz CT molecular complexity index is 129. The van der Waals surface area contributed by atoms with Crippen molar-refractivity contribution < 1.29 is 9.22 Å². The molecule has 0 radical (unpaired) electrons. The van der Waals surface area contributed by atoms with Crippen LogP contribution < -0.4 is 0 Å². The lowest BCUT2D eigenvalue weighted by atomic mass is 10.2.